The monoisotopic (exact) mass is 269 g/mol. The highest BCUT2D eigenvalue weighted by Crippen LogP contribution is 2.35. The van der Waals surface area contributed by atoms with Crippen molar-refractivity contribution in [3.63, 3.8) is 0 Å². The van der Waals surface area contributed by atoms with Crippen molar-refractivity contribution in [3.05, 3.63) is 48.0 Å². The third-order valence-corrected chi connectivity index (χ3v) is 3.44. The molecule has 3 heteroatoms. The Bertz CT molecular complexity index is 595. The van der Waals surface area contributed by atoms with Crippen molar-refractivity contribution in [1.29, 1.82) is 0 Å². The average molecular weight is 269 g/mol. The lowest BCUT2D eigenvalue weighted by atomic mass is 9.99. The minimum absolute atomic E-state index is 0.717. The maximum Gasteiger partial charge on any atom is 0.161 e. The Labute approximate surface area is 119 Å². The van der Waals surface area contributed by atoms with Crippen LogP contribution in [0.4, 0.5) is 0 Å². The molecule has 1 aliphatic heterocycles. The van der Waals surface area contributed by atoms with Gasteiger partial charge in [0.2, 0.25) is 0 Å². The second kappa shape index (κ2) is 5.97. The number of ether oxygens (including phenoxy) is 2. The van der Waals surface area contributed by atoms with Crippen LogP contribution in [0.25, 0.3) is 11.1 Å². The Hall–Kier alpha value is -2.00. The van der Waals surface area contributed by atoms with E-state index in [1.807, 2.05) is 13.1 Å². The average Bonchev–Trinajstić information content (AvgIpc) is 2.72. The third-order valence-electron chi connectivity index (χ3n) is 3.44. The van der Waals surface area contributed by atoms with Crippen LogP contribution in [-0.2, 0) is 6.54 Å². The van der Waals surface area contributed by atoms with Crippen molar-refractivity contribution < 1.29 is 9.47 Å². The molecule has 0 saturated carbocycles. The van der Waals surface area contributed by atoms with Crippen LogP contribution in [0.3, 0.4) is 0 Å². The smallest absolute Gasteiger partial charge is 0.161 e. The molecule has 0 unspecified atom stereocenters. The summed E-state index contributed by atoms with van der Waals surface area (Å²) in [6, 6.07) is 14.6. The first-order valence-corrected chi connectivity index (χ1v) is 7.01. The van der Waals surface area contributed by atoms with Gasteiger partial charge < -0.3 is 14.8 Å². The van der Waals surface area contributed by atoms with Gasteiger partial charge in [0.05, 0.1) is 13.2 Å². The zero-order valence-electron chi connectivity index (χ0n) is 11.7. The zero-order chi connectivity index (χ0) is 13.8. The highest BCUT2D eigenvalue weighted by Gasteiger charge is 2.12. The first kappa shape index (κ1) is 13.0. The van der Waals surface area contributed by atoms with Gasteiger partial charge in [-0.3, -0.25) is 0 Å². The maximum absolute atomic E-state index is 5.77. The van der Waals surface area contributed by atoms with E-state index in [1.54, 1.807) is 0 Å². The van der Waals surface area contributed by atoms with E-state index in [4.69, 9.17) is 9.47 Å². The molecule has 1 aliphatic rings. The second-order valence-corrected chi connectivity index (χ2v) is 4.90. The summed E-state index contributed by atoms with van der Waals surface area (Å²) in [6.45, 7) is 2.29. The molecular formula is C17H19NO2. The number of fused-ring (bicyclic) bond motifs is 1. The Balaban J connectivity index is 2.00. The number of rotatable bonds is 3. The first-order valence-electron chi connectivity index (χ1n) is 7.01. The van der Waals surface area contributed by atoms with Gasteiger partial charge >= 0.3 is 0 Å². The molecule has 0 fully saturated rings. The van der Waals surface area contributed by atoms with Crippen LogP contribution in [0.15, 0.2) is 42.5 Å². The predicted molar refractivity (Wildman–Crippen MR) is 80.2 cm³/mol. The van der Waals surface area contributed by atoms with Gasteiger partial charge in [-0.2, -0.15) is 0 Å². The SMILES string of the molecule is CNCc1ccccc1-c1ccc2c(c1)OCCCO2. The molecule has 20 heavy (non-hydrogen) atoms. The molecule has 3 nitrogen and oxygen atoms in total. The van der Waals surface area contributed by atoms with Crippen molar-refractivity contribution in [1.82, 2.24) is 5.32 Å². The van der Waals surface area contributed by atoms with Gasteiger partial charge in [0, 0.05) is 13.0 Å². The Kier molecular flexibility index (Phi) is 3.88. The molecule has 1 N–H and O–H groups in total. The number of benzene rings is 2. The number of hydrogen-bond acceptors (Lipinski definition) is 3. The fourth-order valence-corrected chi connectivity index (χ4v) is 2.48. The number of nitrogens with one attached hydrogen (secondary N) is 1. The van der Waals surface area contributed by atoms with E-state index in [0.717, 1.165) is 31.1 Å². The fraction of sp³-hybridized carbons (Fsp3) is 0.294. The lowest BCUT2D eigenvalue weighted by molar-refractivity contribution is 0.297. The van der Waals surface area contributed by atoms with E-state index in [2.05, 4.69) is 41.7 Å². The Morgan fingerprint density at radius 2 is 1.80 bits per heavy atom. The molecule has 0 radical (unpaired) electrons. The predicted octanol–water partition coefficient (Wildman–Crippen LogP) is 3.23. The fourth-order valence-electron chi connectivity index (χ4n) is 2.48. The molecule has 0 saturated heterocycles. The summed E-state index contributed by atoms with van der Waals surface area (Å²) in [5, 5.41) is 3.21. The summed E-state index contributed by atoms with van der Waals surface area (Å²) in [7, 11) is 1.96. The molecule has 0 aliphatic carbocycles. The summed E-state index contributed by atoms with van der Waals surface area (Å²) in [5.74, 6) is 1.69. The molecular weight excluding hydrogens is 250 g/mol. The van der Waals surface area contributed by atoms with Gasteiger partial charge in [-0.1, -0.05) is 30.3 Å². The second-order valence-electron chi connectivity index (χ2n) is 4.90. The largest absolute Gasteiger partial charge is 0.490 e. The van der Waals surface area contributed by atoms with Gasteiger partial charge in [-0.15, -0.1) is 0 Å². The highest BCUT2D eigenvalue weighted by atomic mass is 16.5. The van der Waals surface area contributed by atoms with Crippen molar-refractivity contribution >= 4 is 0 Å². The van der Waals surface area contributed by atoms with Crippen LogP contribution in [0, 0.1) is 0 Å². The standard InChI is InChI=1S/C17H19NO2/c1-18-12-14-5-2-3-6-15(14)13-7-8-16-17(11-13)20-10-4-9-19-16/h2-3,5-8,11,18H,4,9-10,12H2,1H3. The quantitative estimate of drug-likeness (QED) is 0.928. The molecule has 104 valence electrons. The Morgan fingerprint density at radius 1 is 1.00 bits per heavy atom. The van der Waals surface area contributed by atoms with E-state index in [0.29, 0.717) is 6.61 Å². The molecule has 2 aromatic carbocycles. The van der Waals surface area contributed by atoms with E-state index >= 15 is 0 Å². The molecule has 0 bridgehead atoms. The summed E-state index contributed by atoms with van der Waals surface area (Å²) >= 11 is 0. The van der Waals surface area contributed by atoms with E-state index in [1.165, 1.54) is 16.7 Å². The lowest BCUT2D eigenvalue weighted by Crippen LogP contribution is -2.06. The van der Waals surface area contributed by atoms with Crippen molar-refractivity contribution in [2.45, 2.75) is 13.0 Å². The zero-order valence-corrected chi connectivity index (χ0v) is 11.7. The summed E-state index contributed by atoms with van der Waals surface area (Å²) in [6.07, 6.45) is 0.931. The molecule has 2 aromatic rings. The molecule has 0 aromatic heterocycles. The minimum atomic E-state index is 0.717. The van der Waals surface area contributed by atoms with Crippen molar-refractivity contribution in [3.8, 4) is 22.6 Å². The van der Waals surface area contributed by atoms with Crippen LogP contribution in [0.1, 0.15) is 12.0 Å². The summed E-state index contributed by atoms with van der Waals surface area (Å²) in [5.41, 5.74) is 3.68. The van der Waals surface area contributed by atoms with Crippen LogP contribution < -0.4 is 14.8 Å². The van der Waals surface area contributed by atoms with Crippen molar-refractivity contribution in [2.24, 2.45) is 0 Å². The molecule has 3 rings (SSSR count). The molecule has 0 spiro atoms. The van der Waals surface area contributed by atoms with Gasteiger partial charge in [0.15, 0.2) is 11.5 Å². The van der Waals surface area contributed by atoms with Crippen LogP contribution in [-0.4, -0.2) is 20.3 Å². The highest BCUT2D eigenvalue weighted by molar-refractivity contribution is 5.70. The van der Waals surface area contributed by atoms with Gasteiger partial charge in [-0.05, 0) is 35.9 Å². The van der Waals surface area contributed by atoms with Gasteiger partial charge in [-0.25, -0.2) is 0 Å². The summed E-state index contributed by atoms with van der Waals surface area (Å²) < 4.78 is 11.4. The van der Waals surface area contributed by atoms with Gasteiger partial charge in [0.1, 0.15) is 0 Å². The normalized spacial score (nSPS) is 13.8. The topological polar surface area (TPSA) is 30.5 Å². The third kappa shape index (κ3) is 2.63. The van der Waals surface area contributed by atoms with Gasteiger partial charge in [0.25, 0.3) is 0 Å². The van der Waals surface area contributed by atoms with E-state index < -0.39 is 0 Å². The Morgan fingerprint density at radius 3 is 2.65 bits per heavy atom. The number of hydrogen-bond donors (Lipinski definition) is 1. The van der Waals surface area contributed by atoms with Crippen LogP contribution in [0.5, 0.6) is 11.5 Å². The first-order chi connectivity index (χ1) is 9.88. The minimum Gasteiger partial charge on any atom is -0.490 e. The van der Waals surface area contributed by atoms with Crippen LogP contribution >= 0.6 is 0 Å². The maximum atomic E-state index is 5.77. The summed E-state index contributed by atoms with van der Waals surface area (Å²) in [4.78, 5) is 0. The molecule has 1 heterocycles. The lowest BCUT2D eigenvalue weighted by Gasteiger charge is -2.12. The van der Waals surface area contributed by atoms with Crippen LogP contribution in [0.2, 0.25) is 0 Å². The van der Waals surface area contributed by atoms with E-state index in [9.17, 15) is 0 Å². The molecule has 0 amide bonds. The molecule has 0 atom stereocenters. The van der Waals surface area contributed by atoms with Crippen molar-refractivity contribution in [2.75, 3.05) is 20.3 Å². The van der Waals surface area contributed by atoms with E-state index in [-0.39, 0.29) is 0 Å².